The summed E-state index contributed by atoms with van der Waals surface area (Å²) in [5.74, 6) is 0. The number of hydrogen-bond acceptors (Lipinski definition) is 0. The first-order valence-electron chi connectivity index (χ1n) is 3.37. The Kier molecular flexibility index (Phi) is 3.09. The molecule has 0 nitrogen and oxygen atoms in total. The highest BCUT2D eigenvalue weighted by molar-refractivity contribution is 6.44. The summed E-state index contributed by atoms with van der Waals surface area (Å²) < 4.78 is 36.9. The Labute approximate surface area is 83.3 Å². The molecule has 0 N–H and O–H groups in total. The van der Waals surface area contributed by atoms with E-state index in [1.165, 1.54) is 18.2 Å². The monoisotopic (exact) mass is 228 g/mol. The lowest BCUT2D eigenvalue weighted by Gasteiger charge is -2.12. The van der Waals surface area contributed by atoms with Crippen molar-refractivity contribution in [3.8, 4) is 0 Å². The lowest BCUT2D eigenvalue weighted by Crippen LogP contribution is -2.08. The van der Waals surface area contributed by atoms with Crippen LogP contribution < -0.4 is 0 Å². The standard InChI is InChI=1S/C8H5Cl2F3/c9-7(10)5-3-1-2-4-6(5)8(11,12)13/h1-4,7H. The average molecular weight is 229 g/mol. The fourth-order valence-corrected chi connectivity index (χ4v) is 1.33. The topological polar surface area (TPSA) is 0 Å². The highest BCUT2D eigenvalue weighted by Gasteiger charge is 2.34. The molecular weight excluding hydrogens is 224 g/mol. The summed E-state index contributed by atoms with van der Waals surface area (Å²) in [4.78, 5) is -1.15. The lowest BCUT2D eigenvalue weighted by atomic mass is 10.1. The molecule has 1 rings (SSSR count). The van der Waals surface area contributed by atoms with Gasteiger partial charge in [0, 0.05) is 0 Å². The molecule has 0 amide bonds. The molecule has 1 aromatic carbocycles. The second kappa shape index (κ2) is 3.76. The Hall–Kier alpha value is -0.410. The Morgan fingerprint density at radius 3 is 2.00 bits per heavy atom. The van der Waals surface area contributed by atoms with Crippen LogP contribution in [0, 0.1) is 0 Å². The SMILES string of the molecule is FC(F)(F)c1ccccc1C(Cl)Cl. The van der Waals surface area contributed by atoms with Gasteiger partial charge in [-0.05, 0) is 11.6 Å². The highest BCUT2D eigenvalue weighted by Crippen LogP contribution is 2.37. The maximum absolute atomic E-state index is 12.3. The van der Waals surface area contributed by atoms with E-state index in [1.807, 2.05) is 0 Å². The molecule has 0 aliphatic heterocycles. The Balaban J connectivity index is 3.20. The van der Waals surface area contributed by atoms with Crippen LogP contribution in [0.1, 0.15) is 16.0 Å². The minimum atomic E-state index is -4.40. The van der Waals surface area contributed by atoms with E-state index >= 15 is 0 Å². The maximum atomic E-state index is 12.3. The molecule has 72 valence electrons. The normalized spacial score (nSPS) is 12.2. The van der Waals surface area contributed by atoms with Gasteiger partial charge in [0.25, 0.3) is 0 Å². The molecule has 0 saturated carbocycles. The molecule has 0 aliphatic rings. The van der Waals surface area contributed by atoms with Crippen molar-refractivity contribution in [2.45, 2.75) is 11.0 Å². The van der Waals surface area contributed by atoms with Crippen molar-refractivity contribution < 1.29 is 13.2 Å². The summed E-state index contributed by atoms with van der Waals surface area (Å²) >= 11 is 10.8. The van der Waals surface area contributed by atoms with Gasteiger partial charge < -0.3 is 0 Å². The van der Waals surface area contributed by atoms with Crippen LogP contribution in [0.5, 0.6) is 0 Å². The zero-order valence-corrected chi connectivity index (χ0v) is 7.79. The molecule has 0 fully saturated rings. The van der Waals surface area contributed by atoms with Gasteiger partial charge >= 0.3 is 6.18 Å². The van der Waals surface area contributed by atoms with E-state index < -0.39 is 16.6 Å². The molecule has 0 atom stereocenters. The van der Waals surface area contributed by atoms with Crippen LogP contribution in [0.25, 0.3) is 0 Å². The van der Waals surface area contributed by atoms with Crippen molar-refractivity contribution in [2.75, 3.05) is 0 Å². The second-order valence-corrected chi connectivity index (χ2v) is 3.48. The van der Waals surface area contributed by atoms with E-state index in [9.17, 15) is 13.2 Å². The van der Waals surface area contributed by atoms with Crippen molar-refractivity contribution in [3.05, 3.63) is 35.4 Å². The predicted molar refractivity (Wildman–Crippen MR) is 45.9 cm³/mol. The van der Waals surface area contributed by atoms with Crippen LogP contribution in [0.2, 0.25) is 0 Å². The molecule has 0 heterocycles. The predicted octanol–water partition coefficient (Wildman–Crippen LogP) is 4.18. The first kappa shape index (κ1) is 10.7. The minimum Gasteiger partial charge on any atom is -0.166 e. The third-order valence-electron chi connectivity index (χ3n) is 1.50. The molecule has 0 aliphatic carbocycles. The summed E-state index contributed by atoms with van der Waals surface area (Å²) in [6.45, 7) is 0. The second-order valence-electron chi connectivity index (χ2n) is 2.39. The summed E-state index contributed by atoms with van der Waals surface area (Å²) in [7, 11) is 0. The Morgan fingerprint density at radius 1 is 1.08 bits per heavy atom. The number of halogens is 5. The minimum absolute atomic E-state index is 0.113. The summed E-state index contributed by atoms with van der Waals surface area (Å²) in [6, 6.07) is 4.96. The summed E-state index contributed by atoms with van der Waals surface area (Å²) in [5.41, 5.74) is -0.900. The van der Waals surface area contributed by atoms with E-state index in [2.05, 4.69) is 0 Å². The highest BCUT2D eigenvalue weighted by atomic mass is 35.5. The molecule has 13 heavy (non-hydrogen) atoms. The van der Waals surface area contributed by atoms with Crippen molar-refractivity contribution in [1.82, 2.24) is 0 Å². The number of rotatable bonds is 1. The van der Waals surface area contributed by atoms with E-state index in [0.29, 0.717) is 0 Å². The van der Waals surface area contributed by atoms with E-state index in [4.69, 9.17) is 23.2 Å². The van der Waals surface area contributed by atoms with Crippen LogP contribution in [0.4, 0.5) is 13.2 Å². The van der Waals surface area contributed by atoms with Gasteiger partial charge in [-0.15, -0.1) is 23.2 Å². The molecule has 0 unspecified atom stereocenters. The third kappa shape index (κ3) is 2.51. The van der Waals surface area contributed by atoms with Gasteiger partial charge in [0.1, 0.15) is 4.84 Å². The largest absolute Gasteiger partial charge is 0.416 e. The third-order valence-corrected chi connectivity index (χ3v) is 1.97. The zero-order chi connectivity index (χ0) is 10.1. The van der Waals surface area contributed by atoms with Gasteiger partial charge in [0.15, 0.2) is 0 Å². The molecule has 5 heteroatoms. The van der Waals surface area contributed by atoms with Crippen LogP contribution in [-0.2, 0) is 6.18 Å². The molecule has 0 radical (unpaired) electrons. The van der Waals surface area contributed by atoms with Crippen molar-refractivity contribution in [1.29, 1.82) is 0 Å². The molecule has 0 bridgehead atoms. The van der Waals surface area contributed by atoms with Gasteiger partial charge in [-0.3, -0.25) is 0 Å². The molecular formula is C8H5Cl2F3. The van der Waals surface area contributed by atoms with E-state index in [1.54, 1.807) is 0 Å². The zero-order valence-electron chi connectivity index (χ0n) is 6.28. The molecule has 0 spiro atoms. The van der Waals surface area contributed by atoms with Crippen LogP contribution >= 0.6 is 23.2 Å². The maximum Gasteiger partial charge on any atom is 0.416 e. The summed E-state index contributed by atoms with van der Waals surface area (Å²) in [6.07, 6.45) is -4.40. The molecule has 1 aromatic rings. The van der Waals surface area contributed by atoms with Crippen LogP contribution in [-0.4, -0.2) is 0 Å². The van der Waals surface area contributed by atoms with Gasteiger partial charge in [-0.1, -0.05) is 18.2 Å². The van der Waals surface area contributed by atoms with Crippen molar-refractivity contribution in [2.24, 2.45) is 0 Å². The van der Waals surface area contributed by atoms with Gasteiger partial charge in [0.2, 0.25) is 0 Å². The Bertz CT molecular complexity index is 294. The van der Waals surface area contributed by atoms with E-state index in [-0.39, 0.29) is 5.56 Å². The van der Waals surface area contributed by atoms with Gasteiger partial charge in [-0.2, -0.15) is 13.2 Å². The first-order valence-corrected chi connectivity index (χ1v) is 4.24. The molecule has 0 aromatic heterocycles. The van der Waals surface area contributed by atoms with Crippen molar-refractivity contribution in [3.63, 3.8) is 0 Å². The first-order chi connectivity index (χ1) is 5.93. The number of alkyl halides is 5. The summed E-state index contributed by atoms with van der Waals surface area (Å²) in [5, 5.41) is 0. The Morgan fingerprint density at radius 2 is 1.62 bits per heavy atom. The van der Waals surface area contributed by atoms with Crippen LogP contribution in [0.15, 0.2) is 24.3 Å². The number of benzene rings is 1. The van der Waals surface area contributed by atoms with Gasteiger partial charge in [-0.25, -0.2) is 0 Å². The quantitative estimate of drug-likeness (QED) is 0.633. The fraction of sp³-hybridized carbons (Fsp3) is 0.250. The van der Waals surface area contributed by atoms with Crippen LogP contribution in [0.3, 0.4) is 0 Å². The van der Waals surface area contributed by atoms with Gasteiger partial charge in [0.05, 0.1) is 5.56 Å². The van der Waals surface area contributed by atoms with Crippen molar-refractivity contribution >= 4 is 23.2 Å². The lowest BCUT2D eigenvalue weighted by molar-refractivity contribution is -0.138. The average Bonchev–Trinajstić information content (AvgIpc) is 2.03. The fourth-order valence-electron chi connectivity index (χ4n) is 0.945. The smallest absolute Gasteiger partial charge is 0.166 e. The molecule has 0 saturated heterocycles. The number of hydrogen-bond donors (Lipinski definition) is 0. The van der Waals surface area contributed by atoms with E-state index in [0.717, 1.165) is 6.07 Å².